The molecule has 2 heterocycles. The Bertz CT molecular complexity index is 835. The van der Waals surface area contributed by atoms with Gasteiger partial charge in [-0.25, -0.2) is 4.57 Å². The molecule has 25 heavy (non-hydrogen) atoms. The van der Waals surface area contributed by atoms with E-state index in [-0.39, 0.29) is 23.2 Å². The zero-order chi connectivity index (χ0) is 17.8. The molecule has 0 spiro atoms. The van der Waals surface area contributed by atoms with E-state index in [0.29, 0.717) is 24.5 Å². The molecule has 6 nitrogen and oxygen atoms in total. The average molecular weight is 357 g/mol. The predicted octanol–water partition coefficient (Wildman–Crippen LogP) is 2.25. The van der Waals surface area contributed by atoms with Crippen LogP contribution in [-0.4, -0.2) is 33.0 Å². The van der Waals surface area contributed by atoms with Gasteiger partial charge in [0.25, 0.3) is 5.56 Å². The van der Waals surface area contributed by atoms with Gasteiger partial charge in [-0.3, -0.25) is 4.79 Å². The van der Waals surface area contributed by atoms with E-state index in [0.717, 1.165) is 5.69 Å². The van der Waals surface area contributed by atoms with Crippen LogP contribution in [0.2, 0.25) is 0 Å². The van der Waals surface area contributed by atoms with Gasteiger partial charge in [0.05, 0.1) is 6.54 Å². The highest BCUT2D eigenvalue weighted by Gasteiger charge is 2.33. The van der Waals surface area contributed by atoms with Crippen LogP contribution in [0.25, 0.3) is 0 Å². The maximum absolute atomic E-state index is 13.1. The molecule has 2 aromatic rings. The van der Waals surface area contributed by atoms with Crippen molar-refractivity contribution in [3.8, 4) is 5.88 Å². The Hall–Kier alpha value is -2.51. The third-order valence-corrected chi connectivity index (χ3v) is 5.04. The Kier molecular flexibility index (Phi) is 5.25. The third-order valence-electron chi connectivity index (χ3n) is 3.77. The van der Waals surface area contributed by atoms with Gasteiger partial charge >= 0.3 is 5.16 Å². The molecular formula is C18H19N3O3S. The molecule has 1 unspecified atom stereocenters. The number of nitrogens with zero attached hydrogens (tertiary/aromatic N) is 3. The molecule has 1 atom stereocenters. The smallest absolute Gasteiger partial charge is 0.329 e. The Balaban J connectivity index is 2.19. The lowest BCUT2D eigenvalue weighted by atomic mass is 10.2. The van der Waals surface area contributed by atoms with E-state index in [1.165, 1.54) is 4.57 Å². The number of fused-ring (bicyclic) bond motifs is 1. The van der Waals surface area contributed by atoms with Crippen molar-refractivity contribution in [2.45, 2.75) is 11.7 Å². The molecule has 1 aromatic carbocycles. The van der Waals surface area contributed by atoms with Gasteiger partial charge in [0.2, 0.25) is 5.88 Å². The summed E-state index contributed by atoms with van der Waals surface area (Å²) in [4.78, 5) is 19.3. The second kappa shape index (κ2) is 7.58. The number of hydrogen-bond acceptors (Lipinski definition) is 5. The number of rotatable bonds is 7. The molecule has 1 aromatic heterocycles. The summed E-state index contributed by atoms with van der Waals surface area (Å²) in [5, 5.41) is 0.263. The van der Waals surface area contributed by atoms with Crippen molar-refractivity contribution in [3.63, 3.8) is 0 Å². The molecule has 0 N–H and O–H groups in total. The average Bonchev–Trinajstić information content (AvgIpc) is 3.01. The second-order valence-corrected chi connectivity index (χ2v) is 6.85. The van der Waals surface area contributed by atoms with E-state index in [1.54, 1.807) is 17.1 Å². The Labute approximate surface area is 149 Å². The van der Waals surface area contributed by atoms with E-state index in [4.69, 9.17) is 4.74 Å². The van der Waals surface area contributed by atoms with E-state index >= 15 is 0 Å². The van der Waals surface area contributed by atoms with E-state index < -0.39 is 11.2 Å². The zero-order valence-corrected chi connectivity index (χ0v) is 14.6. The van der Waals surface area contributed by atoms with Gasteiger partial charge in [-0.1, -0.05) is 36.9 Å². The molecule has 0 amide bonds. The highest BCUT2D eigenvalue weighted by molar-refractivity contribution is 7.91. The van der Waals surface area contributed by atoms with Crippen LogP contribution in [0.4, 0.5) is 11.4 Å². The molecular weight excluding hydrogens is 338 g/mol. The number of ether oxygens (including phenoxy) is 1. The van der Waals surface area contributed by atoms with Crippen molar-refractivity contribution in [2.24, 2.45) is 0 Å². The lowest BCUT2D eigenvalue weighted by molar-refractivity contribution is 0.341. The standard InChI is InChI=1S/C18H19N3O3S/c1-3-10-20(14-8-6-5-7-9-14)15-16(24-12-4-2)19-18-21(17(15)22)11-13-25(18)23/h3-9H,1-2,10-13H2. The summed E-state index contributed by atoms with van der Waals surface area (Å²) in [7, 11) is 0. The van der Waals surface area contributed by atoms with Gasteiger partial charge in [-0.15, -0.1) is 11.6 Å². The molecule has 0 fully saturated rings. The molecule has 1 aliphatic rings. The Morgan fingerprint density at radius 1 is 1.32 bits per heavy atom. The van der Waals surface area contributed by atoms with Crippen molar-refractivity contribution in [1.82, 2.24) is 9.55 Å². The summed E-state index contributed by atoms with van der Waals surface area (Å²) in [6.45, 7) is 8.41. The maximum atomic E-state index is 13.1. The monoisotopic (exact) mass is 357 g/mol. The van der Waals surface area contributed by atoms with Crippen LogP contribution < -0.4 is 15.2 Å². The first kappa shape index (κ1) is 17.3. The van der Waals surface area contributed by atoms with Crippen molar-refractivity contribution < 1.29 is 9.29 Å². The lowest BCUT2D eigenvalue weighted by Crippen LogP contribution is -2.31. The number of aromatic nitrogens is 2. The second-order valence-electron chi connectivity index (χ2n) is 5.39. The van der Waals surface area contributed by atoms with E-state index in [1.807, 2.05) is 30.3 Å². The summed E-state index contributed by atoms with van der Waals surface area (Å²) in [5.41, 5.74) is 0.876. The van der Waals surface area contributed by atoms with Gasteiger partial charge in [-0.2, -0.15) is 0 Å². The topological polar surface area (TPSA) is 70.4 Å². The fraction of sp³-hybridized carbons (Fsp3) is 0.222. The predicted molar refractivity (Wildman–Crippen MR) is 99.1 cm³/mol. The molecule has 7 heteroatoms. The Morgan fingerprint density at radius 3 is 2.76 bits per heavy atom. The molecule has 1 aliphatic heterocycles. The number of anilines is 2. The van der Waals surface area contributed by atoms with Crippen LogP contribution in [0.15, 0.2) is 65.6 Å². The van der Waals surface area contributed by atoms with Gasteiger partial charge in [0.15, 0.2) is 5.69 Å². The van der Waals surface area contributed by atoms with Crippen LogP contribution >= 0.6 is 0 Å². The van der Waals surface area contributed by atoms with E-state index in [9.17, 15) is 9.35 Å². The van der Waals surface area contributed by atoms with Crippen molar-refractivity contribution in [1.29, 1.82) is 0 Å². The molecule has 0 aliphatic carbocycles. The molecule has 0 saturated heterocycles. The van der Waals surface area contributed by atoms with Gasteiger partial charge in [0, 0.05) is 23.4 Å². The summed E-state index contributed by atoms with van der Waals surface area (Å²) in [6, 6.07) is 9.49. The quantitative estimate of drug-likeness (QED) is 0.432. The molecule has 0 saturated carbocycles. The summed E-state index contributed by atoms with van der Waals surface area (Å²) < 4.78 is 19.2. The summed E-state index contributed by atoms with van der Waals surface area (Å²) in [5.74, 6) is 0.552. The minimum absolute atomic E-state index is 0.164. The molecule has 0 bridgehead atoms. The minimum atomic E-state index is -1.29. The normalized spacial score (nSPS) is 15.5. The first-order valence-corrected chi connectivity index (χ1v) is 9.19. The fourth-order valence-corrected chi connectivity index (χ4v) is 3.81. The number of para-hydroxylation sites is 1. The lowest BCUT2D eigenvalue weighted by Gasteiger charge is -2.24. The summed E-state index contributed by atoms with van der Waals surface area (Å²) in [6.07, 6.45) is 3.29. The van der Waals surface area contributed by atoms with Gasteiger partial charge in [-0.05, 0) is 12.1 Å². The largest absolute Gasteiger partial charge is 0.609 e. The van der Waals surface area contributed by atoms with E-state index in [2.05, 4.69) is 18.1 Å². The minimum Gasteiger partial charge on any atom is -0.609 e. The first-order chi connectivity index (χ1) is 12.2. The van der Waals surface area contributed by atoms with Crippen LogP contribution in [0.5, 0.6) is 5.88 Å². The number of hydrogen-bond donors (Lipinski definition) is 0. The molecule has 130 valence electrons. The van der Waals surface area contributed by atoms with Crippen molar-refractivity contribution in [3.05, 3.63) is 66.0 Å². The van der Waals surface area contributed by atoms with Gasteiger partial charge in [0.1, 0.15) is 12.4 Å². The highest BCUT2D eigenvalue weighted by atomic mass is 32.2. The van der Waals surface area contributed by atoms with Crippen molar-refractivity contribution in [2.75, 3.05) is 23.8 Å². The third kappa shape index (κ3) is 3.33. The zero-order valence-electron chi connectivity index (χ0n) is 13.8. The first-order valence-electron chi connectivity index (χ1n) is 7.87. The fourth-order valence-electron chi connectivity index (χ4n) is 2.68. The maximum Gasteiger partial charge on any atom is 0.329 e. The Morgan fingerprint density at radius 2 is 2.08 bits per heavy atom. The summed E-state index contributed by atoms with van der Waals surface area (Å²) >= 11 is -1.29. The molecule has 0 radical (unpaired) electrons. The highest BCUT2D eigenvalue weighted by Crippen LogP contribution is 2.31. The van der Waals surface area contributed by atoms with Crippen molar-refractivity contribution >= 4 is 22.6 Å². The SMILES string of the molecule is C=CCOc1nc2n(c(=O)c1N(CC=C)c1ccccc1)CC[S+]2[O-]. The number of benzene rings is 1. The van der Waals surface area contributed by atoms with Gasteiger partial charge < -0.3 is 14.2 Å². The van der Waals surface area contributed by atoms with Crippen LogP contribution in [0, 0.1) is 0 Å². The van der Waals surface area contributed by atoms with Crippen LogP contribution in [-0.2, 0) is 17.7 Å². The van der Waals surface area contributed by atoms with Crippen LogP contribution in [0.1, 0.15) is 0 Å². The van der Waals surface area contributed by atoms with Crippen LogP contribution in [0.3, 0.4) is 0 Å². The molecule has 3 rings (SSSR count).